The maximum absolute atomic E-state index is 13.0. The first-order chi connectivity index (χ1) is 31.4. The Balaban J connectivity index is 0.000000164. The van der Waals surface area contributed by atoms with Crippen molar-refractivity contribution in [1.29, 1.82) is 0 Å². The van der Waals surface area contributed by atoms with Crippen LogP contribution in [0.15, 0.2) is 133 Å². The first-order valence-corrected chi connectivity index (χ1v) is 20.5. The van der Waals surface area contributed by atoms with Crippen LogP contribution in [0, 0.1) is 30.6 Å². The van der Waals surface area contributed by atoms with Crippen molar-refractivity contribution in [3.05, 3.63) is 211 Å². The van der Waals surface area contributed by atoms with E-state index in [1.54, 1.807) is 72.8 Å². The minimum Gasteiger partial charge on any atom is -0.269 e. The molecule has 4 heterocycles. The van der Waals surface area contributed by atoms with Crippen LogP contribution in [0.5, 0.6) is 0 Å². The van der Waals surface area contributed by atoms with Crippen LogP contribution in [0.4, 0.5) is 0 Å². The van der Waals surface area contributed by atoms with E-state index in [1.165, 1.54) is 0 Å². The topological polar surface area (TPSA) is 150 Å². The quantitative estimate of drug-likeness (QED) is 0.137. The number of hydrogen-bond acceptors (Lipinski definition) is 8. The maximum atomic E-state index is 13.0. The average Bonchev–Trinajstić information content (AvgIpc) is 3.91. The zero-order chi connectivity index (χ0) is 45.5. The number of nitrogens with zero attached hydrogens (tertiary/aromatic N) is 4. The Morgan fingerprint density at radius 2 is 0.662 bits per heavy atom. The van der Waals surface area contributed by atoms with E-state index in [4.69, 9.17) is 0 Å². The second-order valence-corrected chi connectivity index (χ2v) is 15.5. The highest BCUT2D eigenvalue weighted by molar-refractivity contribution is 6.25. The molecule has 0 N–H and O–H groups in total. The Morgan fingerprint density at radius 1 is 0.338 bits per heavy atom. The fourth-order valence-electron chi connectivity index (χ4n) is 7.83. The van der Waals surface area contributed by atoms with E-state index in [2.05, 4.69) is 23.7 Å². The van der Waals surface area contributed by atoms with E-state index >= 15 is 0 Å². The van der Waals surface area contributed by atoms with Gasteiger partial charge in [-0.25, -0.2) is 0 Å². The molecule has 6 aromatic rings. The Kier molecular flexibility index (Phi) is 10.6. The monoisotopic (exact) mass is 854 g/mol. The molecule has 0 spiro atoms. The van der Waals surface area contributed by atoms with E-state index in [-0.39, 0.29) is 38.9 Å². The minimum absolute atomic E-state index is 0.210. The Labute approximate surface area is 372 Å². The zero-order valence-electron chi connectivity index (χ0n) is 34.9. The summed E-state index contributed by atoms with van der Waals surface area (Å²) in [7, 11) is 0. The summed E-state index contributed by atoms with van der Waals surface area (Å²) in [6.45, 7) is 2.93. The van der Waals surface area contributed by atoms with Crippen molar-refractivity contribution in [3.63, 3.8) is 0 Å². The standard InChI is InChI=1S/C27H18N2O4.C26H16N2O4/c1-2-17-10-12-20-22(14-17)26(32)28(24(20)30)16-29-25(31)21-13-11-19(15-23(21)27(29)33)9-8-18-6-4-3-5-7-18;1-16-7-11-19-21(13-16)25(31)27(23(19)29)15-28-24(30)20-12-10-18(14-22(20)26(28)32)9-8-17-5-3-2-4-6-17/h3-7,10-15H,2,16H2,1H3;2-7,10-14H,15H2,1H3. The Bertz CT molecular complexity index is 3240. The van der Waals surface area contributed by atoms with Crippen LogP contribution in [-0.4, -0.2) is 80.2 Å². The van der Waals surface area contributed by atoms with E-state index in [0.717, 1.165) is 48.3 Å². The highest BCUT2D eigenvalue weighted by Gasteiger charge is 2.44. The van der Waals surface area contributed by atoms with E-state index in [9.17, 15) is 38.4 Å². The number of imide groups is 4. The lowest BCUT2D eigenvalue weighted by Crippen LogP contribution is -2.43. The smallest absolute Gasteiger partial charge is 0.263 e. The van der Waals surface area contributed by atoms with Gasteiger partial charge >= 0.3 is 0 Å². The number of aryl methyl sites for hydroxylation is 2. The molecule has 12 heteroatoms. The molecule has 0 fully saturated rings. The number of fused-ring (bicyclic) bond motifs is 4. The van der Waals surface area contributed by atoms with Gasteiger partial charge in [0.15, 0.2) is 0 Å². The number of carbonyl (C=O) groups is 8. The van der Waals surface area contributed by atoms with Crippen molar-refractivity contribution in [2.75, 3.05) is 13.3 Å². The first-order valence-electron chi connectivity index (χ1n) is 20.5. The third-order valence-electron chi connectivity index (χ3n) is 11.3. The van der Waals surface area contributed by atoms with Crippen molar-refractivity contribution in [3.8, 4) is 23.7 Å². The first kappa shape index (κ1) is 41.4. The largest absolute Gasteiger partial charge is 0.269 e. The molecule has 6 aromatic carbocycles. The molecule has 0 aromatic heterocycles. The third-order valence-corrected chi connectivity index (χ3v) is 11.3. The van der Waals surface area contributed by atoms with Crippen molar-refractivity contribution >= 4 is 47.3 Å². The number of rotatable bonds is 5. The molecule has 0 atom stereocenters. The molecule has 10 rings (SSSR count). The van der Waals surface area contributed by atoms with E-state index < -0.39 is 60.6 Å². The highest BCUT2D eigenvalue weighted by atomic mass is 16.2. The van der Waals surface area contributed by atoms with Gasteiger partial charge < -0.3 is 0 Å². The Hall–Kier alpha value is -9.00. The lowest BCUT2D eigenvalue weighted by Gasteiger charge is -2.20. The number of benzene rings is 6. The fourth-order valence-corrected chi connectivity index (χ4v) is 7.83. The average molecular weight is 855 g/mol. The molecule has 0 radical (unpaired) electrons. The van der Waals surface area contributed by atoms with Gasteiger partial charge in [-0.3, -0.25) is 58.0 Å². The number of hydrogen-bond donors (Lipinski definition) is 0. The predicted octanol–water partition coefficient (Wildman–Crippen LogP) is 6.74. The summed E-state index contributed by atoms with van der Waals surface area (Å²) in [6.07, 6.45) is 0.725. The van der Waals surface area contributed by atoms with Gasteiger partial charge in [-0.15, -0.1) is 0 Å². The maximum Gasteiger partial charge on any atom is 0.263 e. The normalized spacial score (nSPS) is 14.4. The van der Waals surface area contributed by atoms with E-state index in [1.807, 2.05) is 74.5 Å². The molecule has 0 saturated heterocycles. The van der Waals surface area contributed by atoms with Crippen molar-refractivity contribution in [1.82, 2.24) is 19.6 Å². The van der Waals surface area contributed by atoms with Crippen LogP contribution in [0.3, 0.4) is 0 Å². The van der Waals surface area contributed by atoms with Gasteiger partial charge in [-0.2, -0.15) is 0 Å². The second kappa shape index (κ2) is 16.7. The third kappa shape index (κ3) is 7.56. The molecular formula is C53H34N4O8. The van der Waals surface area contributed by atoms with Crippen LogP contribution < -0.4 is 0 Å². The van der Waals surface area contributed by atoms with Crippen LogP contribution in [0.1, 0.15) is 123 Å². The fraction of sp³-hybridized carbons (Fsp3) is 0.0943. The van der Waals surface area contributed by atoms with Gasteiger partial charge in [0.1, 0.15) is 13.3 Å². The van der Waals surface area contributed by atoms with Gasteiger partial charge in [0.2, 0.25) is 0 Å². The molecule has 12 nitrogen and oxygen atoms in total. The van der Waals surface area contributed by atoms with Gasteiger partial charge in [0, 0.05) is 22.3 Å². The highest BCUT2D eigenvalue weighted by Crippen LogP contribution is 2.30. The van der Waals surface area contributed by atoms with Crippen molar-refractivity contribution < 1.29 is 38.4 Å². The lowest BCUT2D eigenvalue weighted by molar-refractivity contribution is 0.0442. The number of amides is 8. The molecule has 8 amide bonds. The molecule has 0 bridgehead atoms. The molecule has 0 unspecified atom stereocenters. The summed E-state index contributed by atoms with van der Waals surface area (Å²) in [5.41, 5.74) is 6.65. The predicted molar refractivity (Wildman–Crippen MR) is 236 cm³/mol. The summed E-state index contributed by atoms with van der Waals surface area (Å²) in [4.78, 5) is 107. The van der Waals surface area contributed by atoms with Crippen molar-refractivity contribution in [2.24, 2.45) is 0 Å². The second-order valence-electron chi connectivity index (χ2n) is 15.5. The molecular weight excluding hydrogens is 821 g/mol. The van der Waals surface area contributed by atoms with Crippen LogP contribution >= 0.6 is 0 Å². The van der Waals surface area contributed by atoms with Gasteiger partial charge in [-0.05, 0) is 104 Å². The minimum atomic E-state index is -0.555. The van der Waals surface area contributed by atoms with Crippen LogP contribution in [-0.2, 0) is 6.42 Å². The molecule has 314 valence electrons. The van der Waals surface area contributed by atoms with E-state index in [0.29, 0.717) is 16.7 Å². The zero-order valence-corrected chi connectivity index (χ0v) is 34.9. The van der Waals surface area contributed by atoms with Gasteiger partial charge in [0.25, 0.3) is 47.3 Å². The summed E-state index contributed by atoms with van der Waals surface area (Å²) < 4.78 is 0. The van der Waals surface area contributed by atoms with Crippen molar-refractivity contribution in [2.45, 2.75) is 20.3 Å². The molecule has 65 heavy (non-hydrogen) atoms. The SMILES string of the molecule is CCc1ccc2c(c1)C(=O)N(CN1C(=O)c3ccc(C#Cc4ccccc4)cc3C1=O)C2=O.Cc1ccc2c(c1)C(=O)N(CN1C(=O)c3ccc(C#Cc4ccccc4)cc3C1=O)C2=O. The molecule has 0 aliphatic carbocycles. The molecule has 4 aliphatic rings. The van der Waals surface area contributed by atoms with Gasteiger partial charge in [0.05, 0.1) is 44.5 Å². The summed E-state index contributed by atoms with van der Waals surface area (Å²) in [6, 6.07) is 38.5. The summed E-state index contributed by atoms with van der Waals surface area (Å²) >= 11 is 0. The number of carbonyl (C=O) groups excluding carboxylic acids is 8. The lowest BCUT2D eigenvalue weighted by atomic mass is 10.0. The van der Waals surface area contributed by atoms with Crippen LogP contribution in [0.2, 0.25) is 0 Å². The van der Waals surface area contributed by atoms with Gasteiger partial charge in [-0.1, -0.05) is 84.7 Å². The summed E-state index contributed by atoms with van der Waals surface area (Å²) in [5.74, 6) is 7.80. The molecule has 0 saturated carbocycles. The molecule has 4 aliphatic heterocycles. The van der Waals surface area contributed by atoms with Crippen LogP contribution in [0.25, 0.3) is 0 Å². The summed E-state index contributed by atoms with van der Waals surface area (Å²) in [5, 5.41) is 0. The Morgan fingerprint density at radius 3 is 1.06 bits per heavy atom.